The minimum Gasteiger partial charge on any atom is -0.339 e. The Hall–Kier alpha value is -1.50. The molecule has 7 heteroatoms. The highest BCUT2D eigenvalue weighted by atomic mass is 32.1. The van der Waals surface area contributed by atoms with Gasteiger partial charge in [0, 0.05) is 19.0 Å². The van der Waals surface area contributed by atoms with Crippen molar-refractivity contribution in [2.75, 3.05) is 11.9 Å². The lowest BCUT2D eigenvalue weighted by molar-refractivity contribution is -0.130. The second kappa shape index (κ2) is 6.09. The summed E-state index contributed by atoms with van der Waals surface area (Å²) < 4.78 is 0. The summed E-state index contributed by atoms with van der Waals surface area (Å²) in [6.45, 7) is 2.81. The second-order valence-electron chi connectivity index (χ2n) is 6.09. The lowest BCUT2D eigenvalue weighted by Gasteiger charge is -2.33. The summed E-state index contributed by atoms with van der Waals surface area (Å²) in [4.78, 5) is 26.3. The summed E-state index contributed by atoms with van der Waals surface area (Å²) >= 11 is 1.29. The maximum atomic E-state index is 12.2. The van der Waals surface area contributed by atoms with Crippen molar-refractivity contribution in [2.24, 2.45) is 11.8 Å². The number of anilines is 1. The monoisotopic (exact) mass is 308 g/mol. The highest BCUT2D eigenvalue weighted by Gasteiger charge is 2.38. The SMILES string of the molecule is CC1CCC(N2CC(C(=O)Nc3nncs3)CC2=O)CC1. The molecule has 1 aromatic rings. The summed E-state index contributed by atoms with van der Waals surface area (Å²) in [5.74, 6) is 0.495. The molecule has 2 aliphatic rings. The van der Waals surface area contributed by atoms with E-state index in [1.165, 1.54) is 24.2 Å². The molecule has 1 atom stereocenters. The Morgan fingerprint density at radius 2 is 2.14 bits per heavy atom. The zero-order chi connectivity index (χ0) is 14.8. The van der Waals surface area contributed by atoms with Crippen molar-refractivity contribution >= 4 is 28.3 Å². The van der Waals surface area contributed by atoms with E-state index < -0.39 is 0 Å². The predicted octanol–water partition coefficient (Wildman–Crippen LogP) is 1.90. The average molecular weight is 308 g/mol. The van der Waals surface area contributed by atoms with Crippen LogP contribution in [0.5, 0.6) is 0 Å². The fourth-order valence-electron chi connectivity index (χ4n) is 3.25. The average Bonchev–Trinajstić information content (AvgIpc) is 3.09. The van der Waals surface area contributed by atoms with Crippen molar-refractivity contribution in [2.45, 2.75) is 45.1 Å². The van der Waals surface area contributed by atoms with Gasteiger partial charge in [-0.15, -0.1) is 10.2 Å². The van der Waals surface area contributed by atoms with Crippen LogP contribution in [-0.2, 0) is 9.59 Å². The molecule has 1 N–H and O–H groups in total. The van der Waals surface area contributed by atoms with Gasteiger partial charge in [0.2, 0.25) is 16.9 Å². The summed E-state index contributed by atoms with van der Waals surface area (Å²) in [6, 6.07) is 0.327. The third-order valence-electron chi connectivity index (χ3n) is 4.55. The molecule has 1 aliphatic heterocycles. The molecule has 1 saturated heterocycles. The fourth-order valence-corrected chi connectivity index (χ4v) is 3.70. The maximum Gasteiger partial charge on any atom is 0.231 e. The Balaban J connectivity index is 1.58. The van der Waals surface area contributed by atoms with E-state index in [4.69, 9.17) is 0 Å². The minimum absolute atomic E-state index is 0.118. The van der Waals surface area contributed by atoms with Crippen LogP contribution in [0.1, 0.15) is 39.0 Å². The van der Waals surface area contributed by atoms with E-state index in [2.05, 4.69) is 22.4 Å². The maximum absolute atomic E-state index is 12.2. The molecule has 1 saturated carbocycles. The molecule has 1 aliphatic carbocycles. The van der Waals surface area contributed by atoms with Crippen LogP contribution >= 0.6 is 11.3 Å². The fraction of sp³-hybridized carbons (Fsp3) is 0.714. The first-order chi connectivity index (χ1) is 10.1. The van der Waals surface area contributed by atoms with Gasteiger partial charge in [0.05, 0.1) is 5.92 Å². The van der Waals surface area contributed by atoms with E-state index >= 15 is 0 Å². The van der Waals surface area contributed by atoms with Gasteiger partial charge in [-0.25, -0.2) is 0 Å². The van der Waals surface area contributed by atoms with Crippen LogP contribution in [0.2, 0.25) is 0 Å². The molecule has 21 heavy (non-hydrogen) atoms. The van der Waals surface area contributed by atoms with E-state index in [0.717, 1.165) is 18.8 Å². The Bertz CT molecular complexity index is 511. The smallest absolute Gasteiger partial charge is 0.231 e. The number of nitrogens with one attached hydrogen (secondary N) is 1. The molecule has 1 aromatic heterocycles. The first kappa shape index (κ1) is 14.4. The zero-order valence-electron chi connectivity index (χ0n) is 12.1. The Labute approximate surface area is 127 Å². The molecule has 1 unspecified atom stereocenters. The number of rotatable bonds is 3. The van der Waals surface area contributed by atoms with E-state index in [0.29, 0.717) is 24.1 Å². The van der Waals surface area contributed by atoms with E-state index in [9.17, 15) is 9.59 Å². The normalized spacial score (nSPS) is 29.7. The van der Waals surface area contributed by atoms with E-state index in [1.54, 1.807) is 5.51 Å². The van der Waals surface area contributed by atoms with Gasteiger partial charge < -0.3 is 10.2 Å². The molecule has 2 heterocycles. The number of likely N-dealkylation sites (tertiary alicyclic amines) is 1. The summed E-state index contributed by atoms with van der Waals surface area (Å²) in [6.07, 6.45) is 4.80. The molecular formula is C14H20N4O2S. The van der Waals surface area contributed by atoms with Crippen molar-refractivity contribution in [3.8, 4) is 0 Å². The van der Waals surface area contributed by atoms with E-state index in [1.807, 2.05) is 4.90 Å². The number of nitrogens with zero attached hydrogens (tertiary/aromatic N) is 3. The molecule has 3 rings (SSSR count). The number of hydrogen-bond acceptors (Lipinski definition) is 5. The van der Waals surface area contributed by atoms with Crippen LogP contribution in [-0.4, -0.2) is 39.5 Å². The molecular weight excluding hydrogens is 288 g/mol. The van der Waals surface area contributed by atoms with Crippen LogP contribution < -0.4 is 5.32 Å². The lowest BCUT2D eigenvalue weighted by Crippen LogP contribution is -2.39. The highest BCUT2D eigenvalue weighted by molar-refractivity contribution is 7.13. The first-order valence-electron chi connectivity index (χ1n) is 7.50. The van der Waals surface area contributed by atoms with Crippen LogP contribution in [0.25, 0.3) is 0 Å². The molecule has 2 fully saturated rings. The van der Waals surface area contributed by atoms with Crippen molar-refractivity contribution < 1.29 is 9.59 Å². The first-order valence-corrected chi connectivity index (χ1v) is 8.38. The molecule has 114 valence electrons. The summed E-state index contributed by atoms with van der Waals surface area (Å²) in [7, 11) is 0. The zero-order valence-corrected chi connectivity index (χ0v) is 12.9. The van der Waals surface area contributed by atoms with Crippen LogP contribution in [0.15, 0.2) is 5.51 Å². The van der Waals surface area contributed by atoms with Crippen LogP contribution in [0.4, 0.5) is 5.13 Å². The molecule has 6 nitrogen and oxygen atoms in total. The molecule has 0 bridgehead atoms. The van der Waals surface area contributed by atoms with Gasteiger partial charge >= 0.3 is 0 Å². The number of carbonyl (C=O) groups excluding carboxylic acids is 2. The summed E-state index contributed by atoms with van der Waals surface area (Å²) in [5.41, 5.74) is 1.57. The van der Waals surface area contributed by atoms with Gasteiger partial charge in [0.15, 0.2) is 0 Å². The highest BCUT2D eigenvalue weighted by Crippen LogP contribution is 2.31. The van der Waals surface area contributed by atoms with E-state index in [-0.39, 0.29) is 17.7 Å². The largest absolute Gasteiger partial charge is 0.339 e. The Morgan fingerprint density at radius 3 is 2.81 bits per heavy atom. The number of aromatic nitrogens is 2. The van der Waals surface area contributed by atoms with Gasteiger partial charge in [-0.2, -0.15) is 0 Å². The Morgan fingerprint density at radius 1 is 1.38 bits per heavy atom. The Kier molecular flexibility index (Phi) is 4.19. The van der Waals surface area contributed by atoms with Crippen molar-refractivity contribution in [1.82, 2.24) is 15.1 Å². The van der Waals surface area contributed by atoms with Crippen molar-refractivity contribution in [3.63, 3.8) is 0 Å². The standard InChI is InChI=1S/C14H20N4O2S/c1-9-2-4-11(5-3-9)18-7-10(6-12(18)19)13(20)16-14-17-15-8-21-14/h8-11H,2-7H2,1H3,(H,16,17,20). The third-order valence-corrected chi connectivity index (χ3v) is 5.15. The van der Waals surface area contributed by atoms with Crippen molar-refractivity contribution in [3.05, 3.63) is 5.51 Å². The minimum atomic E-state index is -0.263. The van der Waals surface area contributed by atoms with Crippen LogP contribution in [0.3, 0.4) is 0 Å². The van der Waals surface area contributed by atoms with Gasteiger partial charge in [-0.05, 0) is 31.6 Å². The molecule has 2 amide bonds. The molecule has 0 aromatic carbocycles. The quantitative estimate of drug-likeness (QED) is 0.925. The van der Waals surface area contributed by atoms with Crippen molar-refractivity contribution in [1.29, 1.82) is 0 Å². The third kappa shape index (κ3) is 3.23. The van der Waals surface area contributed by atoms with Gasteiger partial charge in [-0.1, -0.05) is 18.3 Å². The van der Waals surface area contributed by atoms with Gasteiger partial charge in [0.25, 0.3) is 0 Å². The lowest BCUT2D eigenvalue weighted by atomic mass is 9.87. The second-order valence-corrected chi connectivity index (χ2v) is 6.93. The summed E-state index contributed by atoms with van der Waals surface area (Å²) in [5, 5.41) is 10.7. The molecule has 0 spiro atoms. The van der Waals surface area contributed by atoms with Gasteiger partial charge in [-0.3, -0.25) is 9.59 Å². The number of hydrogen-bond donors (Lipinski definition) is 1. The molecule has 0 radical (unpaired) electrons. The topological polar surface area (TPSA) is 75.2 Å². The number of amides is 2. The van der Waals surface area contributed by atoms with Gasteiger partial charge in [0.1, 0.15) is 5.51 Å². The predicted molar refractivity (Wildman–Crippen MR) is 79.8 cm³/mol. The van der Waals surface area contributed by atoms with Crippen LogP contribution in [0, 0.1) is 11.8 Å². The number of carbonyl (C=O) groups is 2.